The van der Waals surface area contributed by atoms with Crippen LogP contribution in [0, 0.1) is 17.8 Å². The van der Waals surface area contributed by atoms with Gasteiger partial charge in [-0.3, -0.25) is 4.99 Å². The van der Waals surface area contributed by atoms with E-state index < -0.39 is 11.9 Å². The molecule has 0 unspecified atom stereocenters. The van der Waals surface area contributed by atoms with Crippen molar-refractivity contribution in [2.45, 2.75) is 52.6 Å². The largest absolute Gasteiger partial charge is 0.432 e. The van der Waals surface area contributed by atoms with Crippen molar-refractivity contribution in [3.63, 3.8) is 0 Å². The zero-order chi connectivity index (χ0) is 14.6. The normalized spacial score (nSPS) is 26.9. The van der Waals surface area contributed by atoms with Crippen LogP contribution in [0.4, 0.5) is 13.2 Å². The van der Waals surface area contributed by atoms with Gasteiger partial charge in [-0.05, 0) is 36.7 Å². The van der Waals surface area contributed by atoms with E-state index in [4.69, 9.17) is 0 Å². The molecule has 19 heavy (non-hydrogen) atoms. The Morgan fingerprint density at radius 3 is 2.05 bits per heavy atom. The lowest BCUT2D eigenvalue weighted by molar-refractivity contribution is -0.0578. The van der Waals surface area contributed by atoms with E-state index >= 15 is 0 Å². The maximum absolute atomic E-state index is 12.8. The Kier molecular flexibility index (Phi) is 5.63. The van der Waals surface area contributed by atoms with Gasteiger partial charge in [-0.1, -0.05) is 39.2 Å². The fraction of sp³-hybridized carbons (Fsp3) is 0.800. The molecular weight excluding hydrogens is 251 g/mol. The van der Waals surface area contributed by atoms with Crippen molar-refractivity contribution in [3.8, 4) is 0 Å². The van der Waals surface area contributed by atoms with Gasteiger partial charge in [0, 0.05) is 7.05 Å². The minimum atomic E-state index is -4.35. The topological polar surface area (TPSA) is 12.4 Å². The highest BCUT2D eigenvalue weighted by Crippen LogP contribution is 2.36. The van der Waals surface area contributed by atoms with Crippen LogP contribution >= 0.6 is 0 Å². The number of aliphatic imine (C=N–C) groups is 1. The first-order chi connectivity index (χ1) is 8.75. The number of rotatable bonds is 3. The molecule has 1 fully saturated rings. The van der Waals surface area contributed by atoms with E-state index in [9.17, 15) is 13.2 Å². The summed E-state index contributed by atoms with van der Waals surface area (Å²) < 4.78 is 38.4. The molecule has 1 saturated carbocycles. The molecule has 0 radical (unpaired) electrons. The molecule has 110 valence electrons. The third-order valence-electron chi connectivity index (χ3n) is 3.99. The average molecular weight is 275 g/mol. The van der Waals surface area contributed by atoms with Crippen molar-refractivity contribution < 1.29 is 13.2 Å². The van der Waals surface area contributed by atoms with Gasteiger partial charge in [0.1, 0.15) is 5.71 Å². The second kappa shape index (κ2) is 6.58. The highest BCUT2D eigenvalue weighted by atomic mass is 19.4. The van der Waals surface area contributed by atoms with Crippen molar-refractivity contribution in [2.24, 2.45) is 22.7 Å². The molecule has 1 rings (SSSR count). The number of nitrogens with zero attached hydrogens (tertiary/aromatic N) is 1. The molecule has 0 aromatic heterocycles. The van der Waals surface area contributed by atoms with E-state index in [0.29, 0.717) is 5.92 Å². The molecule has 0 aliphatic heterocycles. The van der Waals surface area contributed by atoms with Gasteiger partial charge in [0.2, 0.25) is 0 Å². The van der Waals surface area contributed by atoms with Crippen LogP contribution in [0.5, 0.6) is 0 Å². The highest BCUT2D eigenvalue weighted by molar-refractivity contribution is 5.99. The summed E-state index contributed by atoms with van der Waals surface area (Å²) >= 11 is 0. The summed E-state index contributed by atoms with van der Waals surface area (Å²) in [6.07, 6.45) is 1.15. The Balaban J connectivity index is 2.94. The van der Waals surface area contributed by atoms with Gasteiger partial charge in [-0.25, -0.2) is 0 Å². The van der Waals surface area contributed by atoms with Gasteiger partial charge in [-0.2, -0.15) is 13.2 Å². The average Bonchev–Trinajstić information content (AvgIpc) is 2.30. The molecule has 0 bridgehead atoms. The van der Waals surface area contributed by atoms with Gasteiger partial charge < -0.3 is 0 Å². The molecule has 0 saturated heterocycles. The van der Waals surface area contributed by atoms with Gasteiger partial charge in [0.05, 0.1) is 0 Å². The van der Waals surface area contributed by atoms with Crippen molar-refractivity contribution >= 4 is 5.71 Å². The zero-order valence-electron chi connectivity index (χ0n) is 12.2. The molecule has 1 nitrogen and oxygen atoms in total. The van der Waals surface area contributed by atoms with Crippen molar-refractivity contribution in [1.29, 1.82) is 0 Å². The van der Waals surface area contributed by atoms with Crippen molar-refractivity contribution in [2.75, 3.05) is 7.05 Å². The van der Waals surface area contributed by atoms with E-state index in [1.807, 2.05) is 13.8 Å². The molecule has 1 aliphatic rings. The Labute approximate surface area is 114 Å². The monoisotopic (exact) mass is 275 g/mol. The third kappa shape index (κ3) is 4.66. The summed E-state index contributed by atoms with van der Waals surface area (Å²) in [6.45, 7) is 6.14. The summed E-state index contributed by atoms with van der Waals surface area (Å²) in [6, 6.07) is 0. The SMILES string of the molecule is CN=C(/C=C(\C(C)C)C1CCC(C)CC1)C(F)(F)F. The van der Waals surface area contributed by atoms with Crippen LogP contribution < -0.4 is 0 Å². The first-order valence-corrected chi connectivity index (χ1v) is 7.01. The van der Waals surface area contributed by atoms with Crippen LogP contribution in [0.15, 0.2) is 16.6 Å². The fourth-order valence-corrected chi connectivity index (χ4v) is 2.78. The Morgan fingerprint density at radius 1 is 1.16 bits per heavy atom. The van der Waals surface area contributed by atoms with E-state index in [1.165, 1.54) is 13.1 Å². The zero-order valence-corrected chi connectivity index (χ0v) is 12.2. The number of hydrogen-bond acceptors (Lipinski definition) is 1. The minimum Gasteiger partial charge on any atom is -0.284 e. The minimum absolute atomic E-state index is 0.137. The second-order valence-electron chi connectivity index (χ2n) is 5.86. The third-order valence-corrected chi connectivity index (χ3v) is 3.99. The Bertz CT molecular complexity index is 345. The second-order valence-corrected chi connectivity index (χ2v) is 5.86. The quantitative estimate of drug-likeness (QED) is 0.641. The van der Waals surface area contributed by atoms with Gasteiger partial charge in [-0.15, -0.1) is 0 Å². The number of allylic oxidation sites excluding steroid dienone is 2. The Hall–Kier alpha value is -0.800. The maximum Gasteiger partial charge on any atom is 0.432 e. The van der Waals surface area contributed by atoms with Gasteiger partial charge >= 0.3 is 6.18 Å². The molecule has 4 heteroatoms. The summed E-state index contributed by atoms with van der Waals surface area (Å²) in [5.74, 6) is 1.12. The van der Waals surface area contributed by atoms with Crippen LogP contribution in [0.3, 0.4) is 0 Å². The maximum atomic E-state index is 12.8. The van der Waals surface area contributed by atoms with Gasteiger partial charge in [0.15, 0.2) is 0 Å². The highest BCUT2D eigenvalue weighted by Gasteiger charge is 2.35. The number of alkyl halides is 3. The van der Waals surface area contributed by atoms with Crippen LogP contribution in [-0.4, -0.2) is 18.9 Å². The summed E-state index contributed by atoms with van der Waals surface area (Å²) in [5.41, 5.74) is 0.152. The fourth-order valence-electron chi connectivity index (χ4n) is 2.78. The van der Waals surface area contributed by atoms with E-state index in [1.54, 1.807) is 0 Å². The summed E-state index contributed by atoms with van der Waals surface area (Å²) in [7, 11) is 1.21. The predicted molar refractivity (Wildman–Crippen MR) is 73.5 cm³/mol. The molecule has 0 atom stereocenters. The van der Waals surface area contributed by atoms with Gasteiger partial charge in [0.25, 0.3) is 0 Å². The van der Waals surface area contributed by atoms with Crippen LogP contribution in [0.2, 0.25) is 0 Å². The van der Waals surface area contributed by atoms with E-state index in [2.05, 4.69) is 11.9 Å². The molecular formula is C15H24F3N. The van der Waals surface area contributed by atoms with Crippen LogP contribution in [0.25, 0.3) is 0 Å². The molecule has 0 aromatic carbocycles. The molecule has 1 aliphatic carbocycles. The smallest absolute Gasteiger partial charge is 0.284 e. The summed E-state index contributed by atoms with van der Waals surface area (Å²) in [5, 5.41) is 0. The van der Waals surface area contributed by atoms with E-state index in [0.717, 1.165) is 31.3 Å². The first kappa shape index (κ1) is 16.3. The van der Waals surface area contributed by atoms with Crippen LogP contribution in [0.1, 0.15) is 46.5 Å². The summed E-state index contributed by atoms with van der Waals surface area (Å²) in [4.78, 5) is 3.41. The standard InChI is InChI=1S/C15H24F3N/c1-10(2)13(9-14(19-4)15(16,17)18)12-7-5-11(3)6-8-12/h9-12H,5-8H2,1-4H3/b13-9+,19-14?. The lowest BCUT2D eigenvalue weighted by Crippen LogP contribution is -2.24. The molecule has 0 spiro atoms. The molecule has 0 aromatic rings. The number of hydrogen-bond donors (Lipinski definition) is 0. The first-order valence-electron chi connectivity index (χ1n) is 7.01. The molecule has 0 heterocycles. The predicted octanol–water partition coefficient (Wildman–Crippen LogP) is 5.03. The molecule has 0 N–H and O–H groups in total. The molecule has 0 amide bonds. The lowest BCUT2D eigenvalue weighted by Gasteiger charge is -2.30. The number of halogens is 3. The van der Waals surface area contributed by atoms with Crippen LogP contribution in [-0.2, 0) is 0 Å². The lowest BCUT2D eigenvalue weighted by atomic mass is 9.76. The Morgan fingerprint density at radius 2 is 1.68 bits per heavy atom. The van der Waals surface area contributed by atoms with Crippen molar-refractivity contribution in [3.05, 3.63) is 11.6 Å². The van der Waals surface area contributed by atoms with Crippen molar-refractivity contribution in [1.82, 2.24) is 0 Å². The van der Waals surface area contributed by atoms with E-state index in [-0.39, 0.29) is 11.8 Å².